The first-order chi connectivity index (χ1) is 9.66. The molecule has 1 atom stereocenters. The Morgan fingerprint density at radius 1 is 1.15 bits per heavy atom. The van der Waals surface area contributed by atoms with E-state index in [1.165, 1.54) is 0 Å². The summed E-state index contributed by atoms with van der Waals surface area (Å²) in [4.78, 5) is 10.3. The van der Waals surface area contributed by atoms with Gasteiger partial charge in [0, 0.05) is 6.42 Å². The maximum Gasteiger partial charge on any atom is 0.303 e. The van der Waals surface area contributed by atoms with Gasteiger partial charge in [0.25, 0.3) is 0 Å². The van der Waals surface area contributed by atoms with Crippen LogP contribution in [0.25, 0.3) is 0 Å². The molecule has 0 aliphatic carbocycles. The van der Waals surface area contributed by atoms with Crippen molar-refractivity contribution in [2.45, 2.75) is 77.2 Å². The molecular weight excluding hydrogens is 252 g/mol. The molecule has 0 heterocycles. The summed E-state index contributed by atoms with van der Waals surface area (Å²) in [5.41, 5.74) is 0. The van der Waals surface area contributed by atoms with E-state index in [4.69, 9.17) is 5.11 Å². The Bertz CT molecular complexity index is 323. The number of aliphatic hydroxyl groups is 1. The molecule has 2 N–H and O–H groups in total. The summed E-state index contributed by atoms with van der Waals surface area (Å²) in [6.07, 6.45) is 12.5. The van der Waals surface area contributed by atoms with Crippen molar-refractivity contribution >= 4 is 5.97 Å². The van der Waals surface area contributed by atoms with E-state index in [1.807, 2.05) is 6.08 Å². The van der Waals surface area contributed by atoms with Crippen LogP contribution in [0.3, 0.4) is 0 Å². The maximum absolute atomic E-state index is 10.3. The molecule has 3 nitrogen and oxygen atoms in total. The van der Waals surface area contributed by atoms with E-state index in [0.29, 0.717) is 0 Å². The number of rotatable bonds is 11. The van der Waals surface area contributed by atoms with Gasteiger partial charge in [0.05, 0.1) is 0 Å². The van der Waals surface area contributed by atoms with Gasteiger partial charge in [-0.05, 0) is 38.2 Å². The highest BCUT2D eigenvalue weighted by Crippen LogP contribution is 2.06. The molecular formula is C17H28O3. The number of hydrogen-bond donors (Lipinski definition) is 2. The van der Waals surface area contributed by atoms with Crippen molar-refractivity contribution in [3.05, 3.63) is 12.2 Å². The Balaban J connectivity index is 3.45. The summed E-state index contributed by atoms with van der Waals surface area (Å²) in [7, 11) is 0. The van der Waals surface area contributed by atoms with Crippen LogP contribution >= 0.6 is 0 Å². The first kappa shape index (κ1) is 18.7. The lowest BCUT2D eigenvalue weighted by atomic mass is 10.1. The molecule has 0 aromatic heterocycles. The van der Waals surface area contributed by atoms with E-state index < -0.39 is 12.1 Å². The molecule has 0 bridgehead atoms. The molecule has 0 rings (SSSR count). The predicted molar refractivity (Wildman–Crippen MR) is 82.4 cm³/mol. The number of carbonyl (C=O) groups is 1. The fourth-order valence-corrected chi connectivity index (χ4v) is 1.84. The van der Waals surface area contributed by atoms with Crippen LogP contribution in [0.4, 0.5) is 0 Å². The SMILES string of the molecule is CCCCC[C@H](O)C#C/C=C/CCCCCCC(=O)O. The van der Waals surface area contributed by atoms with E-state index in [9.17, 15) is 9.90 Å². The summed E-state index contributed by atoms with van der Waals surface area (Å²) in [6, 6.07) is 0. The molecule has 20 heavy (non-hydrogen) atoms. The highest BCUT2D eigenvalue weighted by atomic mass is 16.4. The van der Waals surface area contributed by atoms with Crippen molar-refractivity contribution in [2.75, 3.05) is 0 Å². The second-order valence-corrected chi connectivity index (χ2v) is 5.05. The van der Waals surface area contributed by atoms with Crippen LogP contribution in [0, 0.1) is 11.8 Å². The monoisotopic (exact) mass is 280 g/mol. The highest BCUT2D eigenvalue weighted by molar-refractivity contribution is 5.66. The Morgan fingerprint density at radius 3 is 2.60 bits per heavy atom. The zero-order chi connectivity index (χ0) is 15.1. The molecule has 0 aromatic rings. The van der Waals surface area contributed by atoms with Crippen molar-refractivity contribution in [3.63, 3.8) is 0 Å². The van der Waals surface area contributed by atoms with Crippen LogP contribution in [-0.4, -0.2) is 22.3 Å². The molecule has 0 spiro atoms. The van der Waals surface area contributed by atoms with E-state index in [0.717, 1.165) is 57.8 Å². The van der Waals surface area contributed by atoms with Crippen molar-refractivity contribution in [1.82, 2.24) is 0 Å². The second-order valence-electron chi connectivity index (χ2n) is 5.05. The maximum atomic E-state index is 10.3. The molecule has 0 aliphatic rings. The second kappa shape index (κ2) is 14.1. The van der Waals surface area contributed by atoms with Gasteiger partial charge in [-0.25, -0.2) is 0 Å². The third-order valence-electron chi connectivity index (χ3n) is 3.04. The minimum absolute atomic E-state index is 0.275. The lowest BCUT2D eigenvalue weighted by molar-refractivity contribution is -0.137. The van der Waals surface area contributed by atoms with Gasteiger partial charge in [-0.15, -0.1) is 0 Å². The van der Waals surface area contributed by atoms with Gasteiger partial charge in [-0.1, -0.05) is 50.5 Å². The van der Waals surface area contributed by atoms with Crippen LogP contribution in [0.15, 0.2) is 12.2 Å². The predicted octanol–water partition coefficient (Wildman–Crippen LogP) is 3.91. The first-order valence-electron chi connectivity index (χ1n) is 7.72. The summed E-state index contributed by atoms with van der Waals surface area (Å²) in [5, 5.41) is 18.0. The van der Waals surface area contributed by atoms with Gasteiger partial charge in [0.15, 0.2) is 0 Å². The van der Waals surface area contributed by atoms with E-state index in [-0.39, 0.29) is 6.42 Å². The molecule has 0 aliphatic heterocycles. The van der Waals surface area contributed by atoms with Crippen molar-refractivity contribution in [1.29, 1.82) is 0 Å². The lowest BCUT2D eigenvalue weighted by Gasteiger charge is -2.00. The third-order valence-corrected chi connectivity index (χ3v) is 3.04. The normalized spacial score (nSPS) is 12.1. The number of carboxylic acids is 1. The Morgan fingerprint density at radius 2 is 1.90 bits per heavy atom. The standard InChI is InChI=1S/C17H28O3/c1-2-3-10-13-16(18)14-11-8-6-4-5-7-9-12-15-17(19)20/h6,8,16,18H,2-5,7,9-10,12-13,15H2,1H3,(H,19,20)/b8-6+/t16-/m0/s1. The highest BCUT2D eigenvalue weighted by Gasteiger charge is 1.97. The van der Waals surface area contributed by atoms with Crippen molar-refractivity contribution in [2.24, 2.45) is 0 Å². The Hall–Kier alpha value is -1.27. The molecule has 0 unspecified atom stereocenters. The van der Waals surface area contributed by atoms with Crippen molar-refractivity contribution < 1.29 is 15.0 Å². The van der Waals surface area contributed by atoms with Gasteiger partial charge in [-0.3, -0.25) is 4.79 Å². The van der Waals surface area contributed by atoms with E-state index in [1.54, 1.807) is 6.08 Å². The summed E-state index contributed by atoms with van der Waals surface area (Å²) < 4.78 is 0. The number of unbranched alkanes of at least 4 members (excludes halogenated alkanes) is 6. The number of hydrogen-bond acceptors (Lipinski definition) is 2. The lowest BCUT2D eigenvalue weighted by Crippen LogP contribution is -2.01. The fourth-order valence-electron chi connectivity index (χ4n) is 1.84. The molecule has 3 heteroatoms. The van der Waals surface area contributed by atoms with Crippen LogP contribution < -0.4 is 0 Å². The zero-order valence-corrected chi connectivity index (χ0v) is 12.6. The van der Waals surface area contributed by atoms with Gasteiger partial charge in [0.2, 0.25) is 0 Å². The van der Waals surface area contributed by atoms with E-state index >= 15 is 0 Å². The third kappa shape index (κ3) is 14.8. The molecule has 0 saturated carbocycles. The van der Waals surface area contributed by atoms with E-state index in [2.05, 4.69) is 18.8 Å². The molecule has 0 radical (unpaired) electrons. The Labute approximate surface area is 123 Å². The van der Waals surface area contributed by atoms with Gasteiger partial charge < -0.3 is 10.2 Å². The molecule has 0 fully saturated rings. The quantitative estimate of drug-likeness (QED) is 0.445. The first-order valence-corrected chi connectivity index (χ1v) is 7.72. The molecule has 114 valence electrons. The van der Waals surface area contributed by atoms with Gasteiger partial charge in [0.1, 0.15) is 6.10 Å². The van der Waals surface area contributed by atoms with Crippen LogP contribution in [-0.2, 0) is 4.79 Å². The molecule has 0 saturated heterocycles. The topological polar surface area (TPSA) is 57.5 Å². The fraction of sp³-hybridized carbons (Fsp3) is 0.706. The largest absolute Gasteiger partial charge is 0.481 e. The van der Waals surface area contributed by atoms with Gasteiger partial charge in [-0.2, -0.15) is 0 Å². The van der Waals surface area contributed by atoms with Crippen molar-refractivity contribution in [3.8, 4) is 11.8 Å². The van der Waals surface area contributed by atoms with Crippen LogP contribution in [0.5, 0.6) is 0 Å². The smallest absolute Gasteiger partial charge is 0.303 e. The average Bonchev–Trinajstić information content (AvgIpc) is 2.41. The van der Waals surface area contributed by atoms with Gasteiger partial charge >= 0.3 is 5.97 Å². The Kier molecular flexibility index (Phi) is 13.2. The summed E-state index contributed by atoms with van der Waals surface area (Å²) in [5.74, 6) is 4.98. The zero-order valence-electron chi connectivity index (χ0n) is 12.6. The average molecular weight is 280 g/mol. The van der Waals surface area contributed by atoms with Crippen LogP contribution in [0.2, 0.25) is 0 Å². The summed E-state index contributed by atoms with van der Waals surface area (Å²) in [6.45, 7) is 2.14. The molecule has 0 aromatic carbocycles. The molecule has 0 amide bonds. The summed E-state index contributed by atoms with van der Waals surface area (Å²) >= 11 is 0. The minimum atomic E-state index is -0.710. The number of carboxylic acid groups (broad SMARTS) is 1. The minimum Gasteiger partial charge on any atom is -0.481 e. The number of allylic oxidation sites excluding steroid dienone is 2. The number of aliphatic carboxylic acids is 1. The number of aliphatic hydroxyl groups excluding tert-OH is 1. The van der Waals surface area contributed by atoms with Crippen LogP contribution in [0.1, 0.15) is 71.1 Å².